The van der Waals surface area contributed by atoms with E-state index >= 15 is 0 Å². The van der Waals surface area contributed by atoms with Gasteiger partial charge in [0.05, 0.1) is 20.7 Å². The number of para-hydroxylation sites is 1. The van der Waals surface area contributed by atoms with Crippen LogP contribution in [0.1, 0.15) is 15.2 Å². The van der Waals surface area contributed by atoms with Crippen LogP contribution in [0, 0.1) is 0 Å². The van der Waals surface area contributed by atoms with Crippen molar-refractivity contribution in [1.82, 2.24) is 4.98 Å². The number of thiazole rings is 1. The molecule has 2 aromatic carbocycles. The lowest BCUT2D eigenvalue weighted by atomic mass is 10.2. The number of aromatic nitrogens is 1. The van der Waals surface area contributed by atoms with Gasteiger partial charge >= 0.3 is 12.1 Å². The van der Waals surface area contributed by atoms with Gasteiger partial charge in [-0.2, -0.15) is 13.2 Å². The number of esters is 1. The van der Waals surface area contributed by atoms with Gasteiger partial charge in [-0.15, -0.1) is 22.7 Å². The van der Waals surface area contributed by atoms with Gasteiger partial charge in [0.1, 0.15) is 9.88 Å². The van der Waals surface area contributed by atoms with Crippen molar-refractivity contribution >= 4 is 50.5 Å². The summed E-state index contributed by atoms with van der Waals surface area (Å²) in [5, 5.41) is 3.17. The highest BCUT2D eigenvalue weighted by Crippen LogP contribution is 2.34. The fourth-order valence-electron chi connectivity index (χ4n) is 2.68. The number of nitrogens with zero attached hydrogens (tertiary/aromatic N) is 1. The van der Waals surface area contributed by atoms with Gasteiger partial charge in [-0.05, 0) is 48.5 Å². The minimum Gasteiger partial charge on any atom is -0.451 e. The topological polar surface area (TPSA) is 68.3 Å². The molecule has 0 atom stereocenters. The maximum absolute atomic E-state index is 12.6. The number of benzene rings is 2. The van der Waals surface area contributed by atoms with Gasteiger partial charge in [-0.3, -0.25) is 4.79 Å². The lowest BCUT2D eigenvalue weighted by molar-refractivity contribution is -0.137. The molecule has 0 saturated heterocycles. The molecule has 0 saturated carbocycles. The zero-order chi connectivity index (χ0) is 22.0. The Morgan fingerprint density at radius 1 is 0.968 bits per heavy atom. The quantitative estimate of drug-likeness (QED) is 0.379. The predicted molar refractivity (Wildman–Crippen MR) is 113 cm³/mol. The Balaban J connectivity index is 1.34. The molecule has 10 heteroatoms. The first-order chi connectivity index (χ1) is 14.8. The summed E-state index contributed by atoms with van der Waals surface area (Å²) < 4.78 is 43.8. The van der Waals surface area contributed by atoms with Gasteiger partial charge in [0.15, 0.2) is 6.61 Å². The van der Waals surface area contributed by atoms with E-state index in [-0.39, 0.29) is 5.69 Å². The first kappa shape index (κ1) is 21.0. The fraction of sp³-hybridized carbons (Fsp3) is 0.0952. The Kier molecular flexibility index (Phi) is 5.75. The molecule has 1 N–H and O–H groups in total. The zero-order valence-electron chi connectivity index (χ0n) is 15.6. The molecule has 0 bridgehead atoms. The summed E-state index contributed by atoms with van der Waals surface area (Å²) >= 11 is 2.71. The first-order valence-corrected chi connectivity index (χ1v) is 10.5. The molecular weight excluding hydrogens is 449 g/mol. The number of alkyl halides is 3. The van der Waals surface area contributed by atoms with E-state index in [1.165, 1.54) is 22.7 Å². The SMILES string of the molecule is O=C(COC(=O)c1ccc(-c2nc3ccccc3s2)s1)Nc1ccc(C(F)(F)F)cc1. The fourth-order valence-corrected chi connectivity index (χ4v) is 4.60. The number of fused-ring (bicyclic) bond motifs is 1. The van der Waals surface area contributed by atoms with Crippen LogP contribution in [0.3, 0.4) is 0 Å². The summed E-state index contributed by atoms with van der Waals surface area (Å²) in [6, 6.07) is 15.0. The minimum absolute atomic E-state index is 0.170. The Morgan fingerprint density at radius 3 is 2.42 bits per heavy atom. The van der Waals surface area contributed by atoms with E-state index in [1.54, 1.807) is 12.1 Å². The van der Waals surface area contributed by atoms with Gasteiger partial charge in [0, 0.05) is 5.69 Å². The van der Waals surface area contributed by atoms with Crippen molar-refractivity contribution in [2.75, 3.05) is 11.9 Å². The van der Waals surface area contributed by atoms with Crippen LogP contribution in [-0.2, 0) is 15.7 Å². The average molecular weight is 462 g/mol. The van der Waals surface area contributed by atoms with Crippen LogP contribution in [0.4, 0.5) is 18.9 Å². The molecule has 0 aliphatic carbocycles. The van der Waals surface area contributed by atoms with E-state index in [0.717, 1.165) is 44.4 Å². The molecule has 4 aromatic rings. The molecule has 0 fully saturated rings. The van der Waals surface area contributed by atoms with E-state index in [2.05, 4.69) is 10.3 Å². The predicted octanol–water partition coefficient (Wildman–Crippen LogP) is 5.84. The van der Waals surface area contributed by atoms with Crippen LogP contribution in [0.15, 0.2) is 60.7 Å². The highest BCUT2D eigenvalue weighted by Gasteiger charge is 2.30. The highest BCUT2D eigenvalue weighted by molar-refractivity contribution is 7.26. The summed E-state index contributed by atoms with van der Waals surface area (Å²) in [6.07, 6.45) is -4.46. The molecule has 0 aliphatic heterocycles. The maximum atomic E-state index is 12.6. The largest absolute Gasteiger partial charge is 0.451 e. The third-order valence-corrected chi connectivity index (χ3v) is 6.41. The van der Waals surface area contributed by atoms with E-state index in [1.807, 2.05) is 24.3 Å². The van der Waals surface area contributed by atoms with Gasteiger partial charge in [-0.1, -0.05) is 12.1 Å². The van der Waals surface area contributed by atoms with Crippen molar-refractivity contribution in [2.45, 2.75) is 6.18 Å². The number of amides is 1. The van der Waals surface area contributed by atoms with Crippen molar-refractivity contribution in [3.05, 3.63) is 71.1 Å². The van der Waals surface area contributed by atoms with Crippen LogP contribution < -0.4 is 5.32 Å². The molecule has 31 heavy (non-hydrogen) atoms. The van der Waals surface area contributed by atoms with Gasteiger partial charge < -0.3 is 10.1 Å². The Bertz CT molecular complexity index is 1210. The van der Waals surface area contributed by atoms with Crippen molar-refractivity contribution < 1.29 is 27.5 Å². The number of carbonyl (C=O) groups excluding carboxylic acids is 2. The summed E-state index contributed by atoms with van der Waals surface area (Å²) in [5.41, 5.74) is 0.224. The lowest BCUT2D eigenvalue weighted by Crippen LogP contribution is -2.20. The normalized spacial score (nSPS) is 11.5. The van der Waals surface area contributed by atoms with Crippen LogP contribution in [-0.4, -0.2) is 23.5 Å². The monoisotopic (exact) mass is 462 g/mol. The molecule has 0 spiro atoms. The second-order valence-electron chi connectivity index (χ2n) is 6.35. The second kappa shape index (κ2) is 8.48. The number of hydrogen-bond acceptors (Lipinski definition) is 6. The summed E-state index contributed by atoms with van der Waals surface area (Å²) in [4.78, 5) is 29.8. The van der Waals surface area contributed by atoms with Gasteiger partial charge in [-0.25, -0.2) is 9.78 Å². The van der Waals surface area contributed by atoms with Crippen LogP contribution in [0.5, 0.6) is 0 Å². The van der Waals surface area contributed by atoms with Gasteiger partial charge in [0.25, 0.3) is 5.91 Å². The van der Waals surface area contributed by atoms with Crippen molar-refractivity contribution in [1.29, 1.82) is 0 Å². The smallest absolute Gasteiger partial charge is 0.416 e. The lowest BCUT2D eigenvalue weighted by Gasteiger charge is -2.09. The molecule has 5 nitrogen and oxygen atoms in total. The molecule has 1 amide bonds. The minimum atomic E-state index is -4.46. The Labute approximate surface area is 182 Å². The Hall–Kier alpha value is -3.24. The highest BCUT2D eigenvalue weighted by atomic mass is 32.1. The van der Waals surface area contributed by atoms with E-state index in [0.29, 0.717) is 4.88 Å². The first-order valence-electron chi connectivity index (χ1n) is 8.89. The molecule has 2 aromatic heterocycles. The molecule has 0 unspecified atom stereocenters. The maximum Gasteiger partial charge on any atom is 0.416 e. The molecule has 4 rings (SSSR count). The molecule has 158 valence electrons. The number of thiophene rings is 1. The number of nitrogens with one attached hydrogen (secondary N) is 1. The van der Waals surface area contributed by atoms with Crippen LogP contribution in [0.25, 0.3) is 20.1 Å². The molecule has 0 aliphatic rings. The van der Waals surface area contributed by atoms with E-state index < -0.39 is 30.2 Å². The summed E-state index contributed by atoms with van der Waals surface area (Å²) in [5.74, 6) is -1.32. The average Bonchev–Trinajstić information content (AvgIpc) is 3.39. The Morgan fingerprint density at radius 2 is 1.71 bits per heavy atom. The number of carbonyl (C=O) groups is 2. The molecule has 2 heterocycles. The summed E-state index contributed by atoms with van der Waals surface area (Å²) in [6.45, 7) is -0.561. The number of anilines is 1. The molecule has 0 radical (unpaired) electrons. The zero-order valence-corrected chi connectivity index (χ0v) is 17.2. The number of rotatable bonds is 5. The van der Waals surface area contributed by atoms with Crippen LogP contribution in [0.2, 0.25) is 0 Å². The van der Waals surface area contributed by atoms with Crippen molar-refractivity contribution in [3.63, 3.8) is 0 Å². The van der Waals surface area contributed by atoms with Crippen molar-refractivity contribution in [2.24, 2.45) is 0 Å². The number of ether oxygens (including phenoxy) is 1. The third-order valence-electron chi connectivity index (χ3n) is 4.14. The van der Waals surface area contributed by atoms with Crippen molar-refractivity contribution in [3.8, 4) is 9.88 Å². The van der Waals surface area contributed by atoms with Crippen LogP contribution >= 0.6 is 22.7 Å². The summed E-state index contributed by atoms with van der Waals surface area (Å²) in [7, 11) is 0. The van der Waals surface area contributed by atoms with E-state index in [4.69, 9.17) is 4.74 Å². The standard InChI is InChI=1S/C21H13F3N2O3S2/c22-21(23,24)12-5-7-13(8-6-12)25-18(27)11-29-20(28)17-10-9-16(30-17)19-26-14-3-1-2-4-15(14)31-19/h1-10H,11H2,(H,25,27). The van der Waals surface area contributed by atoms with Gasteiger partial charge in [0.2, 0.25) is 0 Å². The van der Waals surface area contributed by atoms with E-state index in [9.17, 15) is 22.8 Å². The third kappa shape index (κ3) is 4.92. The second-order valence-corrected chi connectivity index (χ2v) is 8.46. The number of halogens is 3. The molecular formula is C21H13F3N2O3S2. The number of hydrogen-bond donors (Lipinski definition) is 1.